The van der Waals surface area contributed by atoms with Crippen LogP contribution >= 0.6 is 0 Å². The third-order valence-electron chi connectivity index (χ3n) is 0.794. The number of hydrazine groups is 1. The van der Waals surface area contributed by atoms with E-state index >= 15 is 0 Å². The summed E-state index contributed by atoms with van der Waals surface area (Å²) in [7, 11) is 0. The molecule has 1 aromatic heterocycles. The fourth-order valence-corrected chi connectivity index (χ4v) is 0.482. The molecule has 10 heavy (non-hydrogen) atoms. The van der Waals surface area contributed by atoms with Crippen LogP contribution in [0.4, 0.5) is 5.95 Å². The molecule has 0 spiro atoms. The number of aryl methyl sites for hydroxylation is 1. The van der Waals surface area contributed by atoms with Gasteiger partial charge in [0.2, 0.25) is 0 Å². The molecule has 0 atom stereocenters. The highest BCUT2D eigenvalue weighted by molar-refractivity contribution is 5.17. The number of nitrogens with zero attached hydrogens (tertiary/aromatic N) is 3. The van der Waals surface area contributed by atoms with E-state index in [-0.39, 0.29) is 5.95 Å². The number of rotatable bonds is 2. The Morgan fingerprint density at radius 2 is 2.50 bits per heavy atom. The predicted molar refractivity (Wildman–Crippen MR) is 31.7 cm³/mol. The zero-order chi connectivity index (χ0) is 7.56. The first kappa shape index (κ1) is 6.46. The molecule has 2 N–H and O–H groups in total. The molecule has 1 aromatic rings. The van der Waals surface area contributed by atoms with Gasteiger partial charge in [-0.2, -0.15) is 10.1 Å². The fourth-order valence-electron chi connectivity index (χ4n) is 0.482. The van der Waals surface area contributed by atoms with Crippen molar-refractivity contribution >= 4 is 5.95 Å². The second-order valence-corrected chi connectivity index (χ2v) is 1.60. The second kappa shape index (κ2) is 2.29. The second-order valence-electron chi connectivity index (χ2n) is 1.60. The van der Waals surface area contributed by atoms with Crippen molar-refractivity contribution < 1.29 is 5.03 Å². The first-order chi connectivity index (χ1) is 4.68. The van der Waals surface area contributed by atoms with Crippen molar-refractivity contribution in [1.29, 1.82) is 0 Å². The van der Waals surface area contributed by atoms with Gasteiger partial charge in [0.1, 0.15) is 5.82 Å². The Morgan fingerprint density at radius 1 is 1.80 bits per heavy atom. The van der Waals surface area contributed by atoms with Gasteiger partial charge in [0.25, 0.3) is 5.95 Å². The molecule has 0 radical (unpaired) electrons. The summed E-state index contributed by atoms with van der Waals surface area (Å²) in [6.45, 7) is 1.63. The highest BCUT2D eigenvalue weighted by Gasteiger charge is 2.01. The van der Waals surface area contributed by atoms with Crippen molar-refractivity contribution in [3.05, 3.63) is 15.9 Å². The Hall–Kier alpha value is -1.66. The van der Waals surface area contributed by atoms with E-state index in [4.69, 9.17) is 0 Å². The summed E-state index contributed by atoms with van der Waals surface area (Å²) in [4.78, 5) is 13.4. The van der Waals surface area contributed by atoms with Crippen molar-refractivity contribution in [1.82, 2.24) is 15.2 Å². The minimum absolute atomic E-state index is 0.0440. The normalized spacial score (nSPS) is 9.30. The van der Waals surface area contributed by atoms with E-state index in [0.717, 1.165) is 0 Å². The van der Waals surface area contributed by atoms with E-state index in [9.17, 15) is 10.1 Å². The molecule has 0 aliphatic rings. The molecule has 0 fully saturated rings. The summed E-state index contributed by atoms with van der Waals surface area (Å²) in [6, 6.07) is 0. The number of hydrogen-bond donors (Lipinski definition) is 2. The van der Waals surface area contributed by atoms with E-state index in [2.05, 4.69) is 15.2 Å². The summed E-state index contributed by atoms with van der Waals surface area (Å²) >= 11 is 0. The maximum absolute atomic E-state index is 9.78. The molecule has 0 saturated carbocycles. The maximum Gasteiger partial charge on any atom is 0.281 e. The number of anilines is 1. The lowest BCUT2D eigenvalue weighted by atomic mass is 10.8. The van der Waals surface area contributed by atoms with Crippen LogP contribution < -0.4 is 5.43 Å². The Balaban J connectivity index is 2.67. The van der Waals surface area contributed by atoms with Gasteiger partial charge in [-0.1, -0.05) is 5.43 Å². The van der Waals surface area contributed by atoms with Crippen molar-refractivity contribution in [3.8, 4) is 0 Å². The smallest absolute Gasteiger partial charge is 0.241 e. The Labute approximate surface area is 55.6 Å². The molecule has 0 amide bonds. The van der Waals surface area contributed by atoms with Crippen LogP contribution in [0.15, 0.2) is 0 Å². The van der Waals surface area contributed by atoms with Gasteiger partial charge in [-0.3, -0.25) is 0 Å². The average molecular weight is 143 g/mol. The number of hydrogen-bond acceptors (Lipinski definition) is 4. The summed E-state index contributed by atoms with van der Waals surface area (Å²) in [6.07, 6.45) is 0. The van der Waals surface area contributed by atoms with Gasteiger partial charge in [-0.25, -0.2) is 15.2 Å². The van der Waals surface area contributed by atoms with Crippen LogP contribution in [-0.4, -0.2) is 20.2 Å². The SMILES string of the molecule is Cc1n[nH]c(N[N+](=O)[O-])n1. The maximum atomic E-state index is 9.78. The molecule has 0 unspecified atom stereocenters. The molecule has 7 heteroatoms. The lowest BCUT2D eigenvalue weighted by molar-refractivity contribution is -0.446. The first-order valence-corrected chi connectivity index (χ1v) is 2.48. The van der Waals surface area contributed by atoms with E-state index in [1.165, 1.54) is 0 Å². The fraction of sp³-hybridized carbons (Fsp3) is 0.333. The number of H-pyrrole nitrogens is 1. The number of nitro groups is 1. The van der Waals surface area contributed by atoms with Gasteiger partial charge in [0.15, 0.2) is 5.03 Å². The third kappa shape index (κ3) is 1.41. The van der Waals surface area contributed by atoms with Gasteiger partial charge in [0.05, 0.1) is 0 Å². The first-order valence-electron chi connectivity index (χ1n) is 2.48. The molecule has 54 valence electrons. The molecule has 7 nitrogen and oxygen atoms in total. The summed E-state index contributed by atoms with van der Waals surface area (Å²) in [5.74, 6) is 0.506. The Morgan fingerprint density at radius 3 is 2.90 bits per heavy atom. The van der Waals surface area contributed by atoms with E-state index < -0.39 is 5.03 Å². The summed E-state index contributed by atoms with van der Waals surface area (Å²) < 4.78 is 0. The van der Waals surface area contributed by atoms with Crippen LogP contribution in [0.1, 0.15) is 5.82 Å². The van der Waals surface area contributed by atoms with E-state index in [0.29, 0.717) is 5.82 Å². The third-order valence-corrected chi connectivity index (χ3v) is 0.794. The van der Waals surface area contributed by atoms with Crippen molar-refractivity contribution in [3.63, 3.8) is 0 Å². The molecule has 0 aromatic carbocycles. The molecular formula is C3H5N5O2. The zero-order valence-corrected chi connectivity index (χ0v) is 5.16. The molecule has 0 saturated heterocycles. The average Bonchev–Trinajstić information content (AvgIpc) is 2.13. The Bertz CT molecular complexity index is 243. The van der Waals surface area contributed by atoms with Crippen LogP contribution in [0.25, 0.3) is 0 Å². The van der Waals surface area contributed by atoms with Gasteiger partial charge in [-0.15, -0.1) is 0 Å². The molecule has 1 rings (SSSR count). The largest absolute Gasteiger partial charge is 0.281 e. The lowest BCUT2D eigenvalue weighted by Gasteiger charge is -1.85. The highest BCUT2D eigenvalue weighted by Crippen LogP contribution is 1.94. The highest BCUT2D eigenvalue weighted by atomic mass is 16.7. The standard InChI is InChI=1S/C3H5N5O2/c1-2-4-3(6-5-2)7-8(9)10/h1H3,(H2,4,5,6,7). The minimum Gasteiger partial charge on any atom is -0.241 e. The molecule has 0 bridgehead atoms. The van der Waals surface area contributed by atoms with Crippen LogP contribution in [0.5, 0.6) is 0 Å². The minimum atomic E-state index is -0.708. The van der Waals surface area contributed by atoms with Crippen molar-refractivity contribution in [2.75, 3.05) is 5.43 Å². The van der Waals surface area contributed by atoms with Gasteiger partial charge >= 0.3 is 0 Å². The predicted octanol–water partition coefficient (Wildman–Crippen LogP) is -0.283. The van der Waals surface area contributed by atoms with Crippen LogP contribution in [0, 0.1) is 17.0 Å². The van der Waals surface area contributed by atoms with Crippen LogP contribution in [0.2, 0.25) is 0 Å². The lowest BCUT2D eigenvalue weighted by Crippen LogP contribution is -2.08. The summed E-state index contributed by atoms with van der Waals surface area (Å²) in [5.41, 5.74) is 1.82. The summed E-state index contributed by atoms with van der Waals surface area (Å²) in [5, 5.41) is 15.0. The zero-order valence-electron chi connectivity index (χ0n) is 5.16. The van der Waals surface area contributed by atoms with Gasteiger partial charge in [-0.05, 0) is 6.92 Å². The van der Waals surface area contributed by atoms with Gasteiger partial charge in [0, 0.05) is 0 Å². The number of aromatic amines is 1. The quantitative estimate of drug-likeness (QED) is 0.438. The molecule has 0 aliphatic carbocycles. The van der Waals surface area contributed by atoms with Crippen molar-refractivity contribution in [2.45, 2.75) is 6.92 Å². The topological polar surface area (TPSA) is 96.7 Å². The number of nitrogens with one attached hydrogen (secondary N) is 2. The molecular weight excluding hydrogens is 138 g/mol. The Kier molecular flexibility index (Phi) is 1.48. The molecule has 0 aliphatic heterocycles. The van der Waals surface area contributed by atoms with Crippen LogP contribution in [0.3, 0.4) is 0 Å². The van der Waals surface area contributed by atoms with Crippen LogP contribution in [-0.2, 0) is 0 Å². The number of aromatic nitrogens is 3. The van der Waals surface area contributed by atoms with Gasteiger partial charge < -0.3 is 0 Å². The van der Waals surface area contributed by atoms with E-state index in [1.54, 1.807) is 6.92 Å². The monoisotopic (exact) mass is 143 g/mol. The van der Waals surface area contributed by atoms with Crippen molar-refractivity contribution in [2.24, 2.45) is 0 Å². The van der Waals surface area contributed by atoms with E-state index in [1.807, 2.05) is 5.43 Å². The molecule has 1 heterocycles.